The van der Waals surface area contributed by atoms with E-state index in [1.54, 1.807) is 6.20 Å². The zero-order valence-corrected chi connectivity index (χ0v) is 12.4. The topological polar surface area (TPSA) is 64.1 Å². The Hall–Kier alpha value is -2.47. The van der Waals surface area contributed by atoms with Gasteiger partial charge in [0.2, 0.25) is 0 Å². The Labute approximate surface area is 125 Å². The van der Waals surface area contributed by atoms with E-state index in [1.807, 2.05) is 37.4 Å². The Morgan fingerprint density at radius 2 is 2.19 bits per heavy atom. The van der Waals surface area contributed by atoms with Crippen LogP contribution in [0.3, 0.4) is 0 Å². The van der Waals surface area contributed by atoms with Gasteiger partial charge < -0.3 is 10.1 Å². The monoisotopic (exact) mass is 299 g/mol. The van der Waals surface area contributed by atoms with Crippen LogP contribution in [0.2, 0.25) is 0 Å². The summed E-state index contributed by atoms with van der Waals surface area (Å²) in [6, 6.07) is 7.87. The molecule has 0 aliphatic heterocycles. The molecule has 0 amide bonds. The Morgan fingerprint density at radius 1 is 1.33 bits per heavy atom. The molecule has 5 nitrogen and oxygen atoms in total. The number of aryl methyl sites for hydroxylation is 1. The average Bonchev–Trinajstić information content (AvgIpc) is 2.87. The van der Waals surface area contributed by atoms with E-state index in [4.69, 9.17) is 4.74 Å². The van der Waals surface area contributed by atoms with E-state index in [0.717, 1.165) is 21.3 Å². The van der Waals surface area contributed by atoms with E-state index in [0.29, 0.717) is 10.8 Å². The predicted octanol–water partition coefficient (Wildman–Crippen LogP) is 3.53. The van der Waals surface area contributed by atoms with Crippen molar-refractivity contribution in [1.29, 1.82) is 0 Å². The molecule has 0 unspecified atom stereocenters. The maximum absolute atomic E-state index is 11.6. The number of pyridine rings is 1. The lowest BCUT2D eigenvalue weighted by Crippen LogP contribution is -2.03. The summed E-state index contributed by atoms with van der Waals surface area (Å²) in [6.45, 7) is 1.85. The highest BCUT2D eigenvalue weighted by Gasteiger charge is 2.16. The first-order chi connectivity index (χ1) is 10.2. The zero-order valence-electron chi connectivity index (χ0n) is 11.6. The number of ether oxygens (including phenoxy) is 1. The minimum atomic E-state index is -0.418. The van der Waals surface area contributed by atoms with E-state index in [-0.39, 0.29) is 0 Å². The normalized spacial score (nSPS) is 10.6. The van der Waals surface area contributed by atoms with Crippen LogP contribution >= 0.6 is 11.3 Å². The molecule has 1 N–H and O–H groups in total. The molecule has 0 bridgehead atoms. The van der Waals surface area contributed by atoms with Crippen molar-refractivity contribution in [3.05, 3.63) is 47.2 Å². The minimum absolute atomic E-state index is 0.354. The summed E-state index contributed by atoms with van der Waals surface area (Å²) >= 11 is 1.42. The molecule has 0 spiro atoms. The van der Waals surface area contributed by atoms with Crippen LogP contribution in [0.15, 0.2) is 36.7 Å². The Morgan fingerprint density at radius 3 is 3.00 bits per heavy atom. The van der Waals surface area contributed by atoms with Crippen LogP contribution in [0.4, 0.5) is 10.8 Å². The minimum Gasteiger partial charge on any atom is -0.464 e. The van der Waals surface area contributed by atoms with E-state index in [9.17, 15) is 4.79 Å². The summed E-state index contributed by atoms with van der Waals surface area (Å²) < 4.78 is 4.72. The molecule has 0 radical (unpaired) electrons. The number of hydrogen-bond donors (Lipinski definition) is 1. The summed E-state index contributed by atoms with van der Waals surface area (Å²) in [5.41, 5.74) is 1.28. The van der Waals surface area contributed by atoms with Gasteiger partial charge in [0.1, 0.15) is 0 Å². The number of aromatic nitrogens is 2. The standard InChI is InChI=1S/C15H13N3O2S/c1-9-13(14(19)20-2)18-15(21-9)17-12-5-3-4-10-8-16-7-6-11(10)12/h3-8H,1-2H3,(H,17,18). The van der Waals surface area contributed by atoms with Gasteiger partial charge in [-0.3, -0.25) is 4.98 Å². The summed E-state index contributed by atoms with van der Waals surface area (Å²) in [4.78, 5) is 20.8. The Balaban J connectivity index is 1.98. The SMILES string of the molecule is COC(=O)c1nc(Nc2cccc3cnccc23)sc1C. The molecule has 0 saturated heterocycles. The zero-order chi connectivity index (χ0) is 14.8. The number of nitrogens with one attached hydrogen (secondary N) is 1. The lowest BCUT2D eigenvalue weighted by molar-refractivity contribution is 0.0594. The van der Waals surface area contributed by atoms with Gasteiger partial charge in [0, 0.05) is 33.7 Å². The molecule has 0 aliphatic carbocycles. The highest BCUT2D eigenvalue weighted by molar-refractivity contribution is 7.15. The molecule has 3 rings (SSSR count). The van der Waals surface area contributed by atoms with Crippen LogP contribution < -0.4 is 5.32 Å². The Bertz CT molecular complexity index is 808. The largest absolute Gasteiger partial charge is 0.464 e. The molecule has 3 aromatic rings. The van der Waals surface area contributed by atoms with Gasteiger partial charge in [-0.15, -0.1) is 11.3 Å². The van der Waals surface area contributed by atoms with E-state index in [2.05, 4.69) is 15.3 Å². The van der Waals surface area contributed by atoms with Crippen LogP contribution in [0.5, 0.6) is 0 Å². The first kappa shape index (κ1) is 13.5. The van der Waals surface area contributed by atoms with Crippen LogP contribution in [0.1, 0.15) is 15.4 Å². The van der Waals surface area contributed by atoms with Crippen LogP contribution in [-0.4, -0.2) is 23.0 Å². The smallest absolute Gasteiger partial charge is 0.357 e. The van der Waals surface area contributed by atoms with Crippen molar-refractivity contribution < 1.29 is 9.53 Å². The lowest BCUT2D eigenvalue weighted by atomic mass is 10.1. The quantitative estimate of drug-likeness (QED) is 0.749. The second-order valence-electron chi connectivity index (χ2n) is 4.44. The van der Waals surface area contributed by atoms with Gasteiger partial charge in [-0.05, 0) is 19.1 Å². The number of carbonyl (C=O) groups excluding carboxylic acids is 1. The van der Waals surface area contributed by atoms with Gasteiger partial charge in [-0.1, -0.05) is 12.1 Å². The number of hydrogen-bond acceptors (Lipinski definition) is 6. The van der Waals surface area contributed by atoms with Crippen LogP contribution in [0.25, 0.3) is 10.8 Å². The van der Waals surface area contributed by atoms with E-state index >= 15 is 0 Å². The van der Waals surface area contributed by atoms with Crippen molar-refractivity contribution in [2.45, 2.75) is 6.92 Å². The maximum atomic E-state index is 11.6. The lowest BCUT2D eigenvalue weighted by Gasteiger charge is -2.06. The number of anilines is 2. The molecule has 0 saturated carbocycles. The summed E-state index contributed by atoms with van der Waals surface area (Å²) in [7, 11) is 1.35. The highest BCUT2D eigenvalue weighted by Crippen LogP contribution is 2.29. The highest BCUT2D eigenvalue weighted by atomic mass is 32.1. The third-order valence-corrected chi connectivity index (χ3v) is 3.98. The molecule has 0 aliphatic rings. The summed E-state index contributed by atoms with van der Waals surface area (Å²) in [5, 5.41) is 6.02. The third-order valence-electron chi connectivity index (χ3n) is 3.10. The van der Waals surface area contributed by atoms with E-state index < -0.39 is 5.97 Å². The van der Waals surface area contributed by atoms with Gasteiger partial charge in [-0.25, -0.2) is 9.78 Å². The number of benzene rings is 1. The number of rotatable bonds is 3. The van der Waals surface area contributed by atoms with Crippen molar-refractivity contribution in [2.75, 3.05) is 12.4 Å². The van der Waals surface area contributed by atoms with Gasteiger partial charge in [0.25, 0.3) is 0 Å². The number of fused-ring (bicyclic) bond motifs is 1. The summed E-state index contributed by atoms with van der Waals surface area (Å²) in [6.07, 6.45) is 3.56. The second-order valence-corrected chi connectivity index (χ2v) is 5.65. The van der Waals surface area contributed by atoms with Gasteiger partial charge in [-0.2, -0.15) is 0 Å². The molecule has 106 valence electrons. The van der Waals surface area contributed by atoms with Crippen molar-refractivity contribution in [3.63, 3.8) is 0 Å². The van der Waals surface area contributed by atoms with Crippen molar-refractivity contribution in [3.8, 4) is 0 Å². The fourth-order valence-electron chi connectivity index (χ4n) is 2.08. The molecular formula is C15H13N3O2S. The van der Waals surface area contributed by atoms with Crippen LogP contribution in [-0.2, 0) is 4.74 Å². The first-order valence-electron chi connectivity index (χ1n) is 6.34. The number of thiazole rings is 1. The van der Waals surface area contributed by atoms with Gasteiger partial charge >= 0.3 is 5.97 Å². The fraction of sp³-hybridized carbons (Fsp3) is 0.133. The molecule has 2 aromatic heterocycles. The van der Waals surface area contributed by atoms with Crippen molar-refractivity contribution >= 4 is 38.9 Å². The van der Waals surface area contributed by atoms with Crippen LogP contribution in [0, 0.1) is 6.92 Å². The summed E-state index contributed by atoms with van der Waals surface area (Å²) in [5.74, 6) is -0.418. The van der Waals surface area contributed by atoms with Crippen molar-refractivity contribution in [1.82, 2.24) is 9.97 Å². The predicted molar refractivity (Wildman–Crippen MR) is 83.2 cm³/mol. The molecular weight excluding hydrogens is 286 g/mol. The third kappa shape index (κ3) is 2.57. The average molecular weight is 299 g/mol. The van der Waals surface area contributed by atoms with Gasteiger partial charge in [0.05, 0.1) is 7.11 Å². The fourth-order valence-corrected chi connectivity index (χ4v) is 2.90. The number of esters is 1. The molecule has 1 aromatic carbocycles. The molecule has 0 fully saturated rings. The maximum Gasteiger partial charge on any atom is 0.357 e. The Kier molecular flexibility index (Phi) is 3.53. The van der Waals surface area contributed by atoms with E-state index in [1.165, 1.54) is 18.4 Å². The van der Waals surface area contributed by atoms with Crippen molar-refractivity contribution in [2.24, 2.45) is 0 Å². The molecule has 2 heterocycles. The number of methoxy groups -OCH3 is 1. The molecule has 6 heteroatoms. The number of nitrogens with zero attached hydrogens (tertiary/aromatic N) is 2. The molecule has 0 atom stereocenters. The second kappa shape index (κ2) is 5.49. The first-order valence-corrected chi connectivity index (χ1v) is 7.16. The number of carbonyl (C=O) groups is 1. The molecule has 21 heavy (non-hydrogen) atoms. The van der Waals surface area contributed by atoms with Gasteiger partial charge in [0.15, 0.2) is 10.8 Å².